The summed E-state index contributed by atoms with van der Waals surface area (Å²) in [6.07, 6.45) is 5.09. The predicted molar refractivity (Wildman–Crippen MR) is 54.2 cm³/mol. The summed E-state index contributed by atoms with van der Waals surface area (Å²) >= 11 is 0. The molecule has 70 valence electrons. The summed E-state index contributed by atoms with van der Waals surface area (Å²) in [6, 6.07) is 9.48. The molecule has 0 N–H and O–H groups in total. The molecule has 0 saturated carbocycles. The Hall–Kier alpha value is -1.90. The van der Waals surface area contributed by atoms with Crippen LogP contribution in [0.15, 0.2) is 52.2 Å². The second-order valence-corrected chi connectivity index (χ2v) is 2.81. The molecule has 0 radical (unpaired) electrons. The van der Waals surface area contributed by atoms with Gasteiger partial charge in [-0.25, -0.2) is 0 Å². The second kappa shape index (κ2) is 4.37. The first-order valence-electron chi connectivity index (χ1n) is 4.38. The Morgan fingerprint density at radius 1 is 1.29 bits per heavy atom. The molecule has 0 bridgehead atoms. The molecule has 0 saturated heterocycles. The first kappa shape index (κ1) is 8.69. The Bertz CT molecular complexity index is 392. The summed E-state index contributed by atoms with van der Waals surface area (Å²) in [6.45, 7) is 0.585. The van der Waals surface area contributed by atoms with E-state index in [9.17, 15) is 0 Å². The standard InChI is InChI=1S/C11H10N2O/c1-2-6-13-10(4-1)8-12-9-11-5-3-7-14-11/h1-7,9H,8H2. The van der Waals surface area contributed by atoms with Crippen LogP contribution < -0.4 is 0 Å². The summed E-state index contributed by atoms with van der Waals surface area (Å²) in [5.74, 6) is 0.765. The molecule has 0 aromatic carbocycles. The number of nitrogens with zero attached hydrogens (tertiary/aromatic N) is 2. The van der Waals surface area contributed by atoms with E-state index >= 15 is 0 Å². The summed E-state index contributed by atoms with van der Waals surface area (Å²) in [5.41, 5.74) is 0.954. The van der Waals surface area contributed by atoms with Crippen molar-refractivity contribution in [3.8, 4) is 0 Å². The maximum absolute atomic E-state index is 5.10. The van der Waals surface area contributed by atoms with Crippen LogP contribution in [0.25, 0.3) is 0 Å². The topological polar surface area (TPSA) is 38.4 Å². The van der Waals surface area contributed by atoms with Gasteiger partial charge in [0.1, 0.15) is 5.76 Å². The molecule has 2 aromatic rings. The zero-order valence-electron chi connectivity index (χ0n) is 7.63. The average molecular weight is 186 g/mol. The van der Waals surface area contributed by atoms with Crippen LogP contribution >= 0.6 is 0 Å². The fourth-order valence-electron chi connectivity index (χ4n) is 1.09. The first-order chi connectivity index (χ1) is 6.95. The molecule has 2 heterocycles. The monoisotopic (exact) mass is 186 g/mol. The molecular formula is C11H10N2O. The van der Waals surface area contributed by atoms with Gasteiger partial charge in [-0.3, -0.25) is 9.98 Å². The molecule has 0 spiro atoms. The largest absolute Gasteiger partial charge is 0.463 e. The van der Waals surface area contributed by atoms with E-state index in [1.807, 2.05) is 30.3 Å². The van der Waals surface area contributed by atoms with Crippen molar-refractivity contribution in [3.63, 3.8) is 0 Å². The molecular weight excluding hydrogens is 176 g/mol. The molecule has 0 unspecified atom stereocenters. The number of aromatic nitrogens is 1. The van der Waals surface area contributed by atoms with Crippen LogP contribution in [0.3, 0.4) is 0 Å². The second-order valence-electron chi connectivity index (χ2n) is 2.81. The van der Waals surface area contributed by atoms with Crippen molar-refractivity contribution >= 4 is 6.21 Å². The highest BCUT2D eigenvalue weighted by molar-refractivity contribution is 5.75. The van der Waals surface area contributed by atoms with Gasteiger partial charge in [0.05, 0.1) is 24.7 Å². The lowest BCUT2D eigenvalue weighted by Gasteiger charge is -1.92. The van der Waals surface area contributed by atoms with Gasteiger partial charge in [-0.15, -0.1) is 0 Å². The maximum atomic E-state index is 5.10. The van der Waals surface area contributed by atoms with Gasteiger partial charge in [0, 0.05) is 6.20 Å². The van der Waals surface area contributed by atoms with Crippen LogP contribution in [0, 0.1) is 0 Å². The van der Waals surface area contributed by atoms with Crippen LogP contribution in [-0.2, 0) is 6.54 Å². The van der Waals surface area contributed by atoms with Crippen molar-refractivity contribution in [3.05, 3.63) is 54.2 Å². The highest BCUT2D eigenvalue weighted by Crippen LogP contribution is 1.98. The van der Waals surface area contributed by atoms with Gasteiger partial charge in [-0.05, 0) is 24.3 Å². The van der Waals surface area contributed by atoms with Gasteiger partial charge in [0.25, 0.3) is 0 Å². The van der Waals surface area contributed by atoms with Crippen LogP contribution in [0.1, 0.15) is 11.5 Å². The van der Waals surface area contributed by atoms with Crippen molar-refractivity contribution in [1.29, 1.82) is 0 Å². The molecule has 3 nitrogen and oxygen atoms in total. The zero-order valence-corrected chi connectivity index (χ0v) is 7.63. The minimum Gasteiger partial charge on any atom is -0.463 e. The van der Waals surface area contributed by atoms with E-state index in [0.717, 1.165) is 11.5 Å². The van der Waals surface area contributed by atoms with E-state index in [2.05, 4.69) is 9.98 Å². The number of rotatable bonds is 3. The van der Waals surface area contributed by atoms with Gasteiger partial charge in [-0.2, -0.15) is 0 Å². The van der Waals surface area contributed by atoms with E-state index in [0.29, 0.717) is 6.54 Å². The lowest BCUT2D eigenvalue weighted by atomic mass is 10.3. The Morgan fingerprint density at radius 3 is 3.00 bits per heavy atom. The van der Waals surface area contributed by atoms with E-state index in [-0.39, 0.29) is 0 Å². The van der Waals surface area contributed by atoms with Crippen molar-refractivity contribution in [2.75, 3.05) is 0 Å². The van der Waals surface area contributed by atoms with Crippen LogP contribution in [-0.4, -0.2) is 11.2 Å². The molecule has 0 aliphatic carbocycles. The highest BCUT2D eigenvalue weighted by atomic mass is 16.3. The summed E-state index contributed by atoms with van der Waals surface area (Å²) in [5, 5.41) is 0. The molecule has 3 heteroatoms. The predicted octanol–water partition coefficient (Wildman–Crippen LogP) is 2.29. The van der Waals surface area contributed by atoms with Crippen LogP contribution in [0.5, 0.6) is 0 Å². The van der Waals surface area contributed by atoms with E-state index in [1.165, 1.54) is 0 Å². The SMILES string of the molecule is C(=NCc1ccccn1)c1ccco1. The molecule has 0 aliphatic rings. The molecule has 14 heavy (non-hydrogen) atoms. The Balaban J connectivity index is 1.95. The third kappa shape index (κ3) is 2.29. The molecule has 0 amide bonds. The van der Waals surface area contributed by atoms with Gasteiger partial charge in [-0.1, -0.05) is 6.07 Å². The third-order valence-corrected chi connectivity index (χ3v) is 1.74. The lowest BCUT2D eigenvalue weighted by molar-refractivity contribution is 0.560. The van der Waals surface area contributed by atoms with Crippen molar-refractivity contribution in [1.82, 2.24) is 4.98 Å². The number of furan rings is 1. The number of hydrogen-bond acceptors (Lipinski definition) is 3. The normalized spacial score (nSPS) is 10.9. The molecule has 0 aliphatic heterocycles. The molecule has 2 rings (SSSR count). The Labute approximate surface area is 82.1 Å². The van der Waals surface area contributed by atoms with Gasteiger partial charge in [0.15, 0.2) is 0 Å². The minimum atomic E-state index is 0.585. The smallest absolute Gasteiger partial charge is 0.144 e. The molecule has 0 atom stereocenters. The van der Waals surface area contributed by atoms with E-state index in [4.69, 9.17) is 4.42 Å². The van der Waals surface area contributed by atoms with Gasteiger partial charge in [0.2, 0.25) is 0 Å². The Morgan fingerprint density at radius 2 is 2.29 bits per heavy atom. The van der Waals surface area contributed by atoms with E-state index < -0.39 is 0 Å². The van der Waals surface area contributed by atoms with Crippen molar-refractivity contribution in [2.45, 2.75) is 6.54 Å². The number of pyridine rings is 1. The maximum Gasteiger partial charge on any atom is 0.144 e. The Kier molecular flexibility index (Phi) is 2.71. The average Bonchev–Trinajstić information content (AvgIpc) is 2.72. The summed E-state index contributed by atoms with van der Waals surface area (Å²) in [4.78, 5) is 8.36. The van der Waals surface area contributed by atoms with Crippen LogP contribution in [0.4, 0.5) is 0 Å². The summed E-state index contributed by atoms with van der Waals surface area (Å²) in [7, 11) is 0. The third-order valence-electron chi connectivity index (χ3n) is 1.74. The van der Waals surface area contributed by atoms with Crippen molar-refractivity contribution in [2.24, 2.45) is 4.99 Å². The summed E-state index contributed by atoms with van der Waals surface area (Å²) < 4.78 is 5.10. The van der Waals surface area contributed by atoms with Crippen molar-refractivity contribution < 1.29 is 4.42 Å². The molecule has 2 aromatic heterocycles. The lowest BCUT2D eigenvalue weighted by Crippen LogP contribution is -1.86. The quantitative estimate of drug-likeness (QED) is 0.690. The highest BCUT2D eigenvalue weighted by Gasteiger charge is 1.90. The minimum absolute atomic E-state index is 0.585. The van der Waals surface area contributed by atoms with E-state index in [1.54, 1.807) is 18.7 Å². The van der Waals surface area contributed by atoms with Crippen LogP contribution in [0.2, 0.25) is 0 Å². The van der Waals surface area contributed by atoms with Gasteiger partial charge < -0.3 is 4.42 Å². The molecule has 0 fully saturated rings. The first-order valence-corrected chi connectivity index (χ1v) is 4.38. The van der Waals surface area contributed by atoms with Gasteiger partial charge >= 0.3 is 0 Å². The number of aliphatic imine (C=N–C) groups is 1. The number of hydrogen-bond donors (Lipinski definition) is 0. The fourth-order valence-corrected chi connectivity index (χ4v) is 1.09. The fraction of sp³-hybridized carbons (Fsp3) is 0.0909. The zero-order chi connectivity index (χ0) is 9.64.